The van der Waals surface area contributed by atoms with Crippen molar-refractivity contribution in [3.63, 3.8) is 0 Å². The summed E-state index contributed by atoms with van der Waals surface area (Å²) in [5, 5.41) is 4.22. The molecule has 2 heterocycles. The molecule has 27 heavy (non-hydrogen) atoms. The van der Waals surface area contributed by atoms with Crippen LogP contribution in [0.5, 0.6) is 0 Å². The zero-order valence-corrected chi connectivity index (χ0v) is 14.0. The summed E-state index contributed by atoms with van der Waals surface area (Å²) in [6.07, 6.45) is -0.986. The van der Waals surface area contributed by atoms with E-state index in [1.54, 1.807) is 24.5 Å². The molecule has 4 aromatic rings. The van der Waals surface area contributed by atoms with Crippen LogP contribution in [-0.2, 0) is 6.18 Å². The molecule has 0 radical (unpaired) electrons. The molecule has 6 heteroatoms. The molecule has 4 rings (SSSR count). The molecule has 0 aliphatic rings. The topological polar surface area (TPSA) is 37.8 Å². The fourth-order valence-corrected chi connectivity index (χ4v) is 2.88. The van der Waals surface area contributed by atoms with E-state index in [2.05, 4.69) is 15.3 Å². The number of fused-ring (bicyclic) bond motifs is 1. The molecular formula is C21H14F3N3. The molecule has 0 fully saturated rings. The lowest BCUT2D eigenvalue weighted by Gasteiger charge is -2.11. The van der Waals surface area contributed by atoms with Crippen LogP contribution in [-0.4, -0.2) is 9.97 Å². The van der Waals surface area contributed by atoms with Gasteiger partial charge in [-0.1, -0.05) is 18.2 Å². The minimum Gasteiger partial charge on any atom is -0.340 e. The van der Waals surface area contributed by atoms with E-state index in [1.807, 2.05) is 30.3 Å². The van der Waals surface area contributed by atoms with E-state index in [0.29, 0.717) is 11.4 Å². The second-order valence-electron chi connectivity index (χ2n) is 6.01. The second-order valence-corrected chi connectivity index (χ2v) is 6.01. The maximum absolute atomic E-state index is 12.7. The standard InChI is InChI=1S/C21H14F3N3/c22-21(23,24)16-8-6-14(7-9-16)15-10-12-26-20(13-15)27-19-5-1-4-18-17(19)3-2-11-25-18/h1-13H,(H,26,27). The van der Waals surface area contributed by atoms with E-state index in [-0.39, 0.29) is 0 Å². The summed E-state index contributed by atoms with van der Waals surface area (Å²) < 4.78 is 38.2. The van der Waals surface area contributed by atoms with Gasteiger partial charge in [-0.25, -0.2) is 4.98 Å². The Morgan fingerprint density at radius 1 is 0.741 bits per heavy atom. The first kappa shape index (κ1) is 17.0. The molecule has 0 unspecified atom stereocenters. The van der Waals surface area contributed by atoms with Gasteiger partial charge in [0.25, 0.3) is 0 Å². The molecule has 0 aliphatic heterocycles. The number of alkyl halides is 3. The maximum Gasteiger partial charge on any atom is 0.416 e. The van der Waals surface area contributed by atoms with Crippen LogP contribution in [0.3, 0.4) is 0 Å². The minimum absolute atomic E-state index is 0.601. The lowest BCUT2D eigenvalue weighted by atomic mass is 10.0. The van der Waals surface area contributed by atoms with Crippen LogP contribution < -0.4 is 5.32 Å². The van der Waals surface area contributed by atoms with Crippen LogP contribution >= 0.6 is 0 Å². The summed E-state index contributed by atoms with van der Waals surface area (Å²) in [5.41, 5.74) is 2.52. The summed E-state index contributed by atoms with van der Waals surface area (Å²) in [7, 11) is 0. The van der Waals surface area contributed by atoms with Crippen molar-refractivity contribution >= 4 is 22.4 Å². The first-order chi connectivity index (χ1) is 13.0. The number of aromatic nitrogens is 2. The molecule has 2 aromatic heterocycles. The predicted octanol–water partition coefficient (Wildman–Crippen LogP) is 6.06. The Labute approximate surface area is 153 Å². The molecule has 0 saturated heterocycles. The number of nitrogens with one attached hydrogen (secondary N) is 1. The molecule has 1 N–H and O–H groups in total. The van der Waals surface area contributed by atoms with Gasteiger partial charge < -0.3 is 5.32 Å². The van der Waals surface area contributed by atoms with Crippen LogP contribution in [0, 0.1) is 0 Å². The van der Waals surface area contributed by atoms with Crippen LogP contribution in [0.2, 0.25) is 0 Å². The predicted molar refractivity (Wildman–Crippen MR) is 99.7 cm³/mol. The molecule has 0 spiro atoms. The van der Waals surface area contributed by atoms with Crippen molar-refractivity contribution in [3.8, 4) is 11.1 Å². The SMILES string of the molecule is FC(F)(F)c1ccc(-c2ccnc(Nc3cccc4ncccc34)c2)cc1. The van der Waals surface area contributed by atoms with Gasteiger partial charge in [0.2, 0.25) is 0 Å². The van der Waals surface area contributed by atoms with Crippen molar-refractivity contribution < 1.29 is 13.2 Å². The van der Waals surface area contributed by atoms with E-state index in [4.69, 9.17) is 0 Å². The molecule has 0 aliphatic carbocycles. The van der Waals surface area contributed by atoms with Crippen molar-refractivity contribution in [2.45, 2.75) is 6.18 Å². The Hall–Kier alpha value is -3.41. The zero-order valence-electron chi connectivity index (χ0n) is 14.0. The summed E-state index contributed by atoms with van der Waals surface area (Å²) >= 11 is 0. The minimum atomic E-state index is -4.34. The number of benzene rings is 2. The fourth-order valence-electron chi connectivity index (χ4n) is 2.88. The number of rotatable bonds is 3. The highest BCUT2D eigenvalue weighted by molar-refractivity contribution is 5.92. The van der Waals surface area contributed by atoms with Gasteiger partial charge in [0, 0.05) is 23.5 Å². The van der Waals surface area contributed by atoms with Crippen molar-refractivity contribution in [3.05, 3.63) is 84.7 Å². The summed E-state index contributed by atoms with van der Waals surface area (Å²) in [5.74, 6) is 0.601. The Bertz CT molecular complexity index is 1080. The fraction of sp³-hybridized carbons (Fsp3) is 0.0476. The third kappa shape index (κ3) is 3.60. The van der Waals surface area contributed by atoms with E-state index in [0.717, 1.165) is 34.3 Å². The normalized spacial score (nSPS) is 11.5. The van der Waals surface area contributed by atoms with Crippen molar-refractivity contribution in [1.82, 2.24) is 9.97 Å². The lowest BCUT2D eigenvalue weighted by Crippen LogP contribution is -2.04. The Morgan fingerprint density at radius 2 is 1.56 bits per heavy atom. The molecule has 0 atom stereocenters. The van der Waals surface area contributed by atoms with Crippen LogP contribution in [0.4, 0.5) is 24.7 Å². The third-order valence-corrected chi connectivity index (χ3v) is 4.21. The smallest absolute Gasteiger partial charge is 0.340 e. The van der Waals surface area contributed by atoms with Gasteiger partial charge in [-0.15, -0.1) is 0 Å². The largest absolute Gasteiger partial charge is 0.416 e. The second kappa shape index (κ2) is 6.72. The summed E-state index contributed by atoms with van der Waals surface area (Å²) in [6.45, 7) is 0. The Kier molecular flexibility index (Phi) is 4.24. The van der Waals surface area contributed by atoms with Crippen LogP contribution in [0.1, 0.15) is 5.56 Å². The van der Waals surface area contributed by atoms with Crippen molar-refractivity contribution in [2.75, 3.05) is 5.32 Å². The highest BCUT2D eigenvalue weighted by Crippen LogP contribution is 2.32. The van der Waals surface area contributed by atoms with Gasteiger partial charge in [-0.3, -0.25) is 4.98 Å². The molecule has 134 valence electrons. The monoisotopic (exact) mass is 365 g/mol. The van der Waals surface area contributed by atoms with Crippen LogP contribution in [0.25, 0.3) is 22.0 Å². The average Bonchev–Trinajstić information content (AvgIpc) is 2.68. The van der Waals surface area contributed by atoms with E-state index >= 15 is 0 Å². The maximum atomic E-state index is 12.7. The van der Waals surface area contributed by atoms with Gasteiger partial charge in [0.05, 0.1) is 11.1 Å². The van der Waals surface area contributed by atoms with Crippen molar-refractivity contribution in [1.29, 1.82) is 0 Å². The number of hydrogen-bond donors (Lipinski definition) is 1. The highest BCUT2D eigenvalue weighted by atomic mass is 19.4. The number of hydrogen-bond acceptors (Lipinski definition) is 3. The Balaban J connectivity index is 1.65. The quantitative estimate of drug-likeness (QED) is 0.480. The van der Waals surface area contributed by atoms with E-state index in [9.17, 15) is 13.2 Å². The number of anilines is 2. The molecule has 2 aromatic carbocycles. The van der Waals surface area contributed by atoms with Crippen LogP contribution in [0.15, 0.2) is 79.1 Å². The third-order valence-electron chi connectivity index (χ3n) is 4.21. The van der Waals surface area contributed by atoms with E-state index < -0.39 is 11.7 Å². The molecule has 0 bridgehead atoms. The first-order valence-electron chi connectivity index (χ1n) is 8.25. The highest BCUT2D eigenvalue weighted by Gasteiger charge is 2.29. The number of halogens is 3. The molecule has 0 amide bonds. The lowest BCUT2D eigenvalue weighted by molar-refractivity contribution is -0.137. The number of pyridine rings is 2. The summed E-state index contributed by atoms with van der Waals surface area (Å²) in [4.78, 5) is 8.64. The van der Waals surface area contributed by atoms with Gasteiger partial charge in [-0.2, -0.15) is 13.2 Å². The number of nitrogens with zero attached hydrogens (tertiary/aromatic N) is 2. The molecular weight excluding hydrogens is 351 g/mol. The summed E-state index contributed by atoms with van der Waals surface area (Å²) in [6, 6.07) is 18.2. The first-order valence-corrected chi connectivity index (χ1v) is 8.25. The zero-order chi connectivity index (χ0) is 18.9. The van der Waals surface area contributed by atoms with E-state index in [1.165, 1.54) is 12.1 Å². The van der Waals surface area contributed by atoms with Crippen molar-refractivity contribution in [2.24, 2.45) is 0 Å². The average molecular weight is 365 g/mol. The van der Waals surface area contributed by atoms with Gasteiger partial charge in [0.1, 0.15) is 5.82 Å². The Morgan fingerprint density at radius 3 is 2.33 bits per heavy atom. The van der Waals surface area contributed by atoms with Gasteiger partial charge in [-0.05, 0) is 59.7 Å². The van der Waals surface area contributed by atoms with Gasteiger partial charge in [0.15, 0.2) is 0 Å². The van der Waals surface area contributed by atoms with Gasteiger partial charge >= 0.3 is 6.18 Å². The molecule has 0 saturated carbocycles. The molecule has 3 nitrogen and oxygen atoms in total.